The maximum Gasteiger partial charge on any atom is 0.159 e. The van der Waals surface area contributed by atoms with Gasteiger partial charge in [0.25, 0.3) is 0 Å². The van der Waals surface area contributed by atoms with Gasteiger partial charge in [-0.25, -0.2) is 15.0 Å². The maximum atomic E-state index is 5.89. The molecule has 9 aromatic carbocycles. The SMILES string of the molecule is COc1ccc(C2=NC(=C3C=C(c4ccccc4)c4ccccc4C34c3c(cc(-c5ccccc5)c5ccccc35)-c3nc(-c5ccc(OC)cc5)c(-c5ccc(OC)cc5)n34)N=C2c2ccc(OC)cc2)cc1. The molecule has 0 saturated heterocycles. The average molecular weight is 961 g/mol. The van der Waals surface area contributed by atoms with Crippen LogP contribution in [0.4, 0.5) is 0 Å². The number of allylic oxidation sites excluding steroid dienone is 2. The lowest BCUT2D eigenvalue weighted by Crippen LogP contribution is -2.39. The van der Waals surface area contributed by atoms with E-state index >= 15 is 0 Å². The van der Waals surface area contributed by atoms with E-state index < -0.39 is 5.54 Å². The predicted octanol–water partition coefficient (Wildman–Crippen LogP) is 14.5. The van der Waals surface area contributed by atoms with Gasteiger partial charge in [-0.2, -0.15) is 0 Å². The molecule has 1 aromatic heterocycles. The summed E-state index contributed by atoms with van der Waals surface area (Å²) in [4.78, 5) is 17.4. The van der Waals surface area contributed by atoms with Crippen molar-refractivity contribution in [2.24, 2.45) is 9.98 Å². The number of imidazole rings is 1. The minimum absolute atomic E-state index is 0.583. The molecule has 0 N–H and O–H groups in total. The molecule has 0 amide bonds. The van der Waals surface area contributed by atoms with E-state index in [1.54, 1.807) is 28.4 Å². The fourth-order valence-corrected chi connectivity index (χ4v) is 11.3. The van der Waals surface area contributed by atoms with Crippen molar-refractivity contribution in [3.8, 4) is 68.0 Å². The smallest absolute Gasteiger partial charge is 0.159 e. The third kappa shape index (κ3) is 6.94. The van der Waals surface area contributed by atoms with Gasteiger partial charge in [-0.15, -0.1) is 0 Å². The lowest BCUT2D eigenvalue weighted by atomic mass is 9.67. The minimum atomic E-state index is -1.13. The van der Waals surface area contributed by atoms with Crippen molar-refractivity contribution in [1.29, 1.82) is 0 Å². The van der Waals surface area contributed by atoms with Crippen LogP contribution in [0.1, 0.15) is 33.4 Å². The van der Waals surface area contributed by atoms with E-state index in [-0.39, 0.29) is 0 Å². The molecule has 3 heterocycles. The topological polar surface area (TPSA) is 79.5 Å². The van der Waals surface area contributed by atoms with Crippen LogP contribution in [0.25, 0.3) is 61.4 Å². The van der Waals surface area contributed by atoms with Gasteiger partial charge in [0, 0.05) is 39.0 Å². The summed E-state index contributed by atoms with van der Waals surface area (Å²) in [5.41, 5.74) is 15.4. The zero-order chi connectivity index (χ0) is 49.9. The number of fused-ring (bicyclic) bond motifs is 9. The number of hydrogen-bond acceptors (Lipinski definition) is 7. The number of methoxy groups -OCH3 is 4. The fraction of sp³-hybridized carbons (Fsp3) is 0.0758. The third-order valence-electron chi connectivity index (χ3n) is 14.7. The van der Waals surface area contributed by atoms with Gasteiger partial charge < -0.3 is 23.5 Å². The summed E-state index contributed by atoms with van der Waals surface area (Å²) in [6, 6.07) is 74.1. The highest BCUT2D eigenvalue weighted by Crippen LogP contribution is 2.62. The Morgan fingerprint density at radius 3 is 1.43 bits per heavy atom. The summed E-state index contributed by atoms with van der Waals surface area (Å²) in [6.07, 6.45) is 2.35. The van der Waals surface area contributed by atoms with Gasteiger partial charge in [0.15, 0.2) is 5.82 Å². The van der Waals surface area contributed by atoms with Crippen LogP contribution in [0.2, 0.25) is 0 Å². The van der Waals surface area contributed by atoms with Gasteiger partial charge in [0.05, 0.1) is 51.3 Å². The molecule has 0 saturated carbocycles. The molecule has 8 nitrogen and oxygen atoms in total. The number of aromatic nitrogens is 2. The summed E-state index contributed by atoms with van der Waals surface area (Å²) >= 11 is 0. The Kier molecular flexibility index (Phi) is 10.8. The van der Waals surface area contributed by atoms with Gasteiger partial charge in [-0.3, -0.25) is 0 Å². The number of rotatable bonds is 10. The summed E-state index contributed by atoms with van der Waals surface area (Å²) in [5.74, 6) is 4.42. The third-order valence-corrected chi connectivity index (χ3v) is 14.7. The Hall–Kier alpha value is -9.53. The van der Waals surface area contributed by atoms with Gasteiger partial charge in [0.2, 0.25) is 0 Å². The summed E-state index contributed by atoms with van der Waals surface area (Å²) in [7, 11) is 6.76. The second-order valence-corrected chi connectivity index (χ2v) is 18.5. The largest absolute Gasteiger partial charge is 0.497 e. The van der Waals surface area contributed by atoms with Gasteiger partial charge in [-0.1, -0.05) is 109 Å². The lowest BCUT2D eigenvalue weighted by Gasteiger charge is -2.42. The Bertz CT molecular complexity index is 3880. The highest BCUT2D eigenvalue weighted by Gasteiger charge is 2.55. The number of ether oxygens (including phenoxy) is 4. The van der Waals surface area contributed by atoms with Crippen LogP contribution in [0.5, 0.6) is 23.0 Å². The molecule has 8 heteroatoms. The maximum absolute atomic E-state index is 5.89. The highest BCUT2D eigenvalue weighted by atomic mass is 16.5. The number of aliphatic imine (C=N–C) groups is 2. The molecule has 1 unspecified atom stereocenters. The molecule has 74 heavy (non-hydrogen) atoms. The summed E-state index contributed by atoms with van der Waals surface area (Å²) in [6.45, 7) is 0. The van der Waals surface area contributed by atoms with E-state index in [0.29, 0.717) is 5.82 Å². The van der Waals surface area contributed by atoms with E-state index in [1.165, 1.54) is 0 Å². The van der Waals surface area contributed by atoms with E-state index in [9.17, 15) is 0 Å². The van der Waals surface area contributed by atoms with Crippen molar-refractivity contribution in [1.82, 2.24) is 9.55 Å². The zero-order valence-electron chi connectivity index (χ0n) is 41.2. The molecular weight excluding hydrogens is 913 g/mol. The minimum Gasteiger partial charge on any atom is -0.497 e. The Balaban J connectivity index is 1.25. The summed E-state index contributed by atoms with van der Waals surface area (Å²) in [5, 5.41) is 2.22. The highest BCUT2D eigenvalue weighted by molar-refractivity contribution is 6.55. The van der Waals surface area contributed by atoms with E-state index in [4.69, 9.17) is 33.9 Å². The molecule has 3 aliphatic rings. The van der Waals surface area contributed by atoms with Crippen molar-refractivity contribution in [3.05, 3.63) is 263 Å². The molecule has 1 atom stereocenters. The molecule has 13 rings (SSSR count). The van der Waals surface area contributed by atoms with Crippen LogP contribution in [0.3, 0.4) is 0 Å². The average Bonchev–Trinajstić information content (AvgIpc) is 4.37. The van der Waals surface area contributed by atoms with Gasteiger partial charge >= 0.3 is 0 Å². The quantitative estimate of drug-likeness (QED) is 0.136. The molecule has 356 valence electrons. The van der Waals surface area contributed by atoms with Crippen LogP contribution in [0.15, 0.2) is 240 Å². The van der Waals surface area contributed by atoms with Crippen LogP contribution in [-0.4, -0.2) is 49.4 Å². The van der Waals surface area contributed by atoms with Crippen LogP contribution in [0, 0.1) is 0 Å². The number of hydrogen-bond donors (Lipinski definition) is 0. The number of nitrogens with zero attached hydrogens (tertiary/aromatic N) is 4. The molecular formula is C66H48N4O4. The van der Waals surface area contributed by atoms with Gasteiger partial charge in [-0.05, 0) is 153 Å². The van der Waals surface area contributed by atoms with Crippen molar-refractivity contribution in [3.63, 3.8) is 0 Å². The van der Waals surface area contributed by atoms with E-state index in [2.05, 4.69) is 174 Å². The summed E-state index contributed by atoms with van der Waals surface area (Å²) < 4.78 is 25.3. The molecule has 0 radical (unpaired) electrons. The van der Waals surface area contributed by atoms with Crippen LogP contribution in [-0.2, 0) is 5.54 Å². The van der Waals surface area contributed by atoms with Crippen LogP contribution < -0.4 is 18.9 Å². The number of benzene rings is 9. The van der Waals surface area contributed by atoms with Crippen molar-refractivity contribution < 1.29 is 18.9 Å². The first-order chi connectivity index (χ1) is 36.5. The van der Waals surface area contributed by atoms with Crippen molar-refractivity contribution in [2.75, 3.05) is 28.4 Å². The molecule has 0 bridgehead atoms. The van der Waals surface area contributed by atoms with Crippen molar-refractivity contribution in [2.45, 2.75) is 5.54 Å². The van der Waals surface area contributed by atoms with E-state index in [0.717, 1.165) is 135 Å². The molecule has 1 spiro atoms. The Morgan fingerprint density at radius 1 is 0.405 bits per heavy atom. The molecule has 10 aromatic rings. The van der Waals surface area contributed by atoms with Crippen LogP contribution >= 0.6 is 0 Å². The Morgan fingerprint density at radius 2 is 0.878 bits per heavy atom. The first-order valence-corrected chi connectivity index (χ1v) is 24.6. The van der Waals surface area contributed by atoms with Gasteiger partial charge in [0.1, 0.15) is 34.4 Å². The standard InChI is InChI=1S/C66H48N4O4/c1-71-47-31-23-43(24-32-47)60-61(44-25-33-48(72-2)34-26-44)68-64(67-60)58-40-55(42-17-9-6-10-18-42)52-20-13-14-22-57(52)66(58)59-53-21-12-11-19-51(53)54(41-15-7-5-8-16-41)39-56(59)65-69-62(45-27-35-49(73-3)36-28-45)63(70(65)66)46-29-37-50(74-4)38-30-46/h5-40H,1-4H3. The molecule has 0 fully saturated rings. The predicted molar refractivity (Wildman–Crippen MR) is 297 cm³/mol. The Labute approximate surface area is 429 Å². The normalized spacial score (nSPS) is 15.3. The monoisotopic (exact) mass is 960 g/mol. The zero-order valence-corrected chi connectivity index (χ0v) is 41.2. The second-order valence-electron chi connectivity index (χ2n) is 18.5. The van der Waals surface area contributed by atoms with E-state index in [1.807, 2.05) is 48.5 Å². The first kappa shape index (κ1) is 44.4. The fourth-order valence-electron chi connectivity index (χ4n) is 11.3. The first-order valence-electron chi connectivity index (χ1n) is 24.6. The van der Waals surface area contributed by atoms with Crippen molar-refractivity contribution >= 4 is 27.8 Å². The molecule has 2 aliphatic heterocycles. The second kappa shape index (κ2) is 17.9. The lowest BCUT2D eigenvalue weighted by molar-refractivity contribution is 0.414. The molecule has 1 aliphatic carbocycles.